The van der Waals surface area contributed by atoms with Crippen LogP contribution in [0.25, 0.3) is 0 Å². The minimum Gasteiger partial charge on any atom is -0.370 e. The Kier molecular flexibility index (Phi) is 2.76. The molecule has 1 aliphatic heterocycles. The summed E-state index contributed by atoms with van der Waals surface area (Å²) in [5.41, 5.74) is 9.36. The zero-order valence-electron chi connectivity index (χ0n) is 12.0. The topological polar surface area (TPSA) is 41.6 Å². The van der Waals surface area contributed by atoms with Crippen molar-refractivity contribution in [3.05, 3.63) is 35.4 Å². The summed E-state index contributed by atoms with van der Waals surface area (Å²) in [6.07, 6.45) is 8.89. The van der Waals surface area contributed by atoms with E-state index in [0.29, 0.717) is 6.04 Å². The van der Waals surface area contributed by atoms with E-state index in [4.69, 9.17) is 5.73 Å². The van der Waals surface area contributed by atoms with Crippen LogP contribution in [0.2, 0.25) is 0 Å². The van der Waals surface area contributed by atoms with Crippen molar-refractivity contribution in [3.63, 3.8) is 0 Å². The molecule has 1 atom stereocenters. The number of benzene rings is 1. The SMILES string of the molecule is NC1=NCC2(CCCc3ccccc32)N1C1CCCC1. The third kappa shape index (κ3) is 1.62. The molecule has 2 N–H and O–H groups in total. The minimum absolute atomic E-state index is 0.0634. The van der Waals surface area contributed by atoms with Gasteiger partial charge in [-0.25, -0.2) is 0 Å². The fourth-order valence-electron chi connectivity index (χ4n) is 4.60. The number of rotatable bonds is 1. The van der Waals surface area contributed by atoms with Crippen molar-refractivity contribution in [3.8, 4) is 0 Å². The number of fused-ring (bicyclic) bond motifs is 2. The molecule has 3 aliphatic rings. The van der Waals surface area contributed by atoms with E-state index in [1.165, 1.54) is 56.1 Å². The second-order valence-electron chi connectivity index (χ2n) is 6.52. The van der Waals surface area contributed by atoms with Gasteiger partial charge in [-0.2, -0.15) is 0 Å². The lowest BCUT2D eigenvalue weighted by atomic mass is 9.75. The Balaban J connectivity index is 1.80. The van der Waals surface area contributed by atoms with Crippen molar-refractivity contribution in [1.82, 2.24) is 4.90 Å². The van der Waals surface area contributed by atoms with Crippen molar-refractivity contribution in [2.24, 2.45) is 10.7 Å². The number of hydrogen-bond acceptors (Lipinski definition) is 3. The van der Waals surface area contributed by atoms with E-state index in [1.807, 2.05) is 0 Å². The Morgan fingerprint density at radius 3 is 2.80 bits per heavy atom. The summed E-state index contributed by atoms with van der Waals surface area (Å²) in [4.78, 5) is 7.16. The number of guanidine groups is 1. The molecule has 1 aromatic carbocycles. The molecule has 1 spiro atoms. The van der Waals surface area contributed by atoms with Gasteiger partial charge in [-0.3, -0.25) is 4.99 Å². The first-order valence-electron chi connectivity index (χ1n) is 7.99. The molecule has 1 saturated carbocycles. The molecular weight excluding hydrogens is 246 g/mol. The van der Waals surface area contributed by atoms with Crippen molar-refractivity contribution >= 4 is 5.96 Å². The summed E-state index contributed by atoms with van der Waals surface area (Å²) in [7, 11) is 0. The first-order valence-corrected chi connectivity index (χ1v) is 7.99. The first-order chi connectivity index (χ1) is 9.81. The molecule has 0 saturated heterocycles. The summed E-state index contributed by atoms with van der Waals surface area (Å²) in [5.74, 6) is 0.786. The predicted molar refractivity (Wildman–Crippen MR) is 81.6 cm³/mol. The van der Waals surface area contributed by atoms with E-state index in [1.54, 1.807) is 0 Å². The van der Waals surface area contributed by atoms with E-state index in [2.05, 4.69) is 34.2 Å². The molecule has 3 nitrogen and oxygen atoms in total. The lowest BCUT2D eigenvalue weighted by molar-refractivity contribution is 0.127. The minimum atomic E-state index is 0.0634. The highest BCUT2D eigenvalue weighted by molar-refractivity contribution is 5.82. The molecule has 20 heavy (non-hydrogen) atoms. The van der Waals surface area contributed by atoms with Crippen molar-refractivity contribution in [2.45, 2.75) is 56.5 Å². The zero-order valence-corrected chi connectivity index (χ0v) is 12.0. The average Bonchev–Trinajstić information content (AvgIpc) is 3.09. The highest BCUT2D eigenvalue weighted by atomic mass is 15.4. The predicted octanol–water partition coefficient (Wildman–Crippen LogP) is 2.79. The van der Waals surface area contributed by atoms with Crippen LogP contribution in [0.1, 0.15) is 49.7 Å². The van der Waals surface area contributed by atoms with Gasteiger partial charge in [-0.15, -0.1) is 0 Å². The molecule has 106 valence electrons. The van der Waals surface area contributed by atoms with E-state index < -0.39 is 0 Å². The van der Waals surface area contributed by atoms with E-state index in [-0.39, 0.29) is 5.54 Å². The van der Waals surface area contributed by atoms with Crippen LogP contribution < -0.4 is 5.73 Å². The molecule has 0 aromatic heterocycles. The summed E-state index contributed by atoms with van der Waals surface area (Å²) in [6.45, 7) is 0.854. The fraction of sp³-hybridized carbons (Fsp3) is 0.588. The Hall–Kier alpha value is -1.51. The van der Waals surface area contributed by atoms with Crippen molar-refractivity contribution in [1.29, 1.82) is 0 Å². The first kappa shape index (κ1) is 12.2. The van der Waals surface area contributed by atoms with Crippen LogP contribution in [-0.2, 0) is 12.0 Å². The molecule has 1 fully saturated rings. The van der Waals surface area contributed by atoms with Crippen LogP contribution in [0.15, 0.2) is 29.3 Å². The second kappa shape index (κ2) is 4.51. The van der Waals surface area contributed by atoms with Gasteiger partial charge in [-0.05, 0) is 43.2 Å². The Bertz CT molecular complexity index is 545. The third-order valence-corrected chi connectivity index (χ3v) is 5.46. The van der Waals surface area contributed by atoms with Crippen LogP contribution in [0.4, 0.5) is 0 Å². The normalized spacial score (nSPS) is 29.8. The van der Waals surface area contributed by atoms with Gasteiger partial charge >= 0.3 is 0 Å². The van der Waals surface area contributed by atoms with Gasteiger partial charge in [0.05, 0.1) is 12.1 Å². The highest BCUT2D eigenvalue weighted by Gasteiger charge is 2.48. The van der Waals surface area contributed by atoms with E-state index in [9.17, 15) is 0 Å². The van der Waals surface area contributed by atoms with Crippen molar-refractivity contribution < 1.29 is 0 Å². The van der Waals surface area contributed by atoms with Crippen LogP contribution in [-0.4, -0.2) is 23.4 Å². The fourth-order valence-corrected chi connectivity index (χ4v) is 4.60. The Labute approximate surface area is 120 Å². The standard InChI is InChI=1S/C17H23N3/c18-16-19-12-17(20(16)14-8-2-3-9-14)11-5-7-13-6-1-4-10-15(13)17/h1,4,6,10,14H,2-3,5,7-9,11-12H2,(H2,18,19). The summed E-state index contributed by atoms with van der Waals surface area (Å²) < 4.78 is 0. The maximum absolute atomic E-state index is 6.30. The van der Waals surface area contributed by atoms with Crippen molar-refractivity contribution in [2.75, 3.05) is 6.54 Å². The quantitative estimate of drug-likeness (QED) is 0.851. The van der Waals surface area contributed by atoms with Gasteiger partial charge in [0, 0.05) is 6.04 Å². The lowest BCUT2D eigenvalue weighted by Crippen LogP contribution is -2.54. The molecule has 0 amide bonds. The summed E-state index contributed by atoms with van der Waals surface area (Å²) in [6, 6.07) is 9.54. The molecule has 2 aliphatic carbocycles. The van der Waals surface area contributed by atoms with Gasteiger partial charge in [0.25, 0.3) is 0 Å². The van der Waals surface area contributed by atoms with E-state index >= 15 is 0 Å². The van der Waals surface area contributed by atoms with Gasteiger partial charge < -0.3 is 10.6 Å². The summed E-state index contributed by atoms with van der Waals surface area (Å²) >= 11 is 0. The van der Waals surface area contributed by atoms with Gasteiger partial charge in [-0.1, -0.05) is 37.1 Å². The Morgan fingerprint density at radius 2 is 1.95 bits per heavy atom. The molecule has 0 radical (unpaired) electrons. The summed E-state index contributed by atoms with van der Waals surface area (Å²) in [5, 5.41) is 0. The van der Waals surface area contributed by atoms with Crippen LogP contribution in [0.3, 0.4) is 0 Å². The van der Waals surface area contributed by atoms with Gasteiger partial charge in [0.2, 0.25) is 0 Å². The molecule has 4 rings (SSSR count). The van der Waals surface area contributed by atoms with E-state index in [0.717, 1.165) is 12.5 Å². The molecule has 1 unspecified atom stereocenters. The Morgan fingerprint density at radius 1 is 1.15 bits per heavy atom. The van der Waals surface area contributed by atoms with Crippen LogP contribution in [0.5, 0.6) is 0 Å². The zero-order chi connectivity index (χ0) is 13.6. The number of aliphatic imine (C=N–C) groups is 1. The molecule has 3 heteroatoms. The molecule has 1 heterocycles. The number of nitrogens with zero attached hydrogens (tertiary/aromatic N) is 2. The molecule has 0 bridgehead atoms. The van der Waals surface area contributed by atoms with Crippen LogP contribution >= 0.6 is 0 Å². The maximum Gasteiger partial charge on any atom is 0.192 e. The largest absolute Gasteiger partial charge is 0.370 e. The monoisotopic (exact) mass is 269 g/mol. The maximum atomic E-state index is 6.30. The van der Waals surface area contributed by atoms with Gasteiger partial charge in [0.1, 0.15) is 0 Å². The van der Waals surface area contributed by atoms with Crippen LogP contribution in [0, 0.1) is 0 Å². The number of nitrogens with two attached hydrogens (primary N) is 1. The second-order valence-corrected chi connectivity index (χ2v) is 6.52. The average molecular weight is 269 g/mol. The number of aryl methyl sites for hydroxylation is 1. The van der Waals surface area contributed by atoms with Gasteiger partial charge in [0.15, 0.2) is 5.96 Å². The smallest absolute Gasteiger partial charge is 0.192 e. The molecular formula is C17H23N3. The number of hydrogen-bond donors (Lipinski definition) is 1. The third-order valence-electron chi connectivity index (χ3n) is 5.46. The highest BCUT2D eigenvalue weighted by Crippen LogP contribution is 2.46. The molecule has 1 aromatic rings. The lowest BCUT2D eigenvalue weighted by Gasteiger charge is -2.46.